The minimum Gasteiger partial charge on any atom is -0.494 e. The molecule has 0 unspecified atom stereocenters. The van der Waals surface area contributed by atoms with E-state index in [1.807, 2.05) is 31.3 Å². The number of aliphatic hydroxyl groups is 1. The average molecular weight is 462 g/mol. The number of aryl methyl sites for hydroxylation is 1. The monoisotopic (exact) mass is 461 g/mol. The van der Waals surface area contributed by atoms with Crippen LogP contribution in [0.2, 0.25) is 0 Å². The third-order valence-electron chi connectivity index (χ3n) is 6.55. The SMILES string of the molecule is COc1cc2c(cnn2C2CCC(CO)CC2)cc1N(C(=O)c1cocn1)c1ccnc(C)c1. The number of hydrogen-bond acceptors (Lipinski definition) is 7. The molecular weight excluding hydrogens is 434 g/mol. The molecule has 0 radical (unpaired) electrons. The summed E-state index contributed by atoms with van der Waals surface area (Å²) in [6, 6.07) is 7.74. The first-order chi connectivity index (χ1) is 16.6. The normalized spacial score (nSPS) is 18.2. The summed E-state index contributed by atoms with van der Waals surface area (Å²) in [7, 11) is 1.59. The van der Waals surface area contributed by atoms with Crippen molar-refractivity contribution in [3.8, 4) is 5.75 Å². The summed E-state index contributed by atoms with van der Waals surface area (Å²) in [6.45, 7) is 2.12. The Morgan fingerprint density at radius 2 is 2.06 bits per heavy atom. The summed E-state index contributed by atoms with van der Waals surface area (Å²) in [5, 5.41) is 15.1. The van der Waals surface area contributed by atoms with Crippen LogP contribution in [0.3, 0.4) is 0 Å². The summed E-state index contributed by atoms with van der Waals surface area (Å²) in [5.41, 5.74) is 3.15. The highest BCUT2D eigenvalue weighted by Crippen LogP contribution is 2.40. The molecule has 3 aromatic heterocycles. The van der Waals surface area contributed by atoms with Gasteiger partial charge in [-0.15, -0.1) is 0 Å². The van der Waals surface area contributed by atoms with Crippen molar-refractivity contribution in [2.75, 3.05) is 18.6 Å². The van der Waals surface area contributed by atoms with Crippen LogP contribution in [0.4, 0.5) is 11.4 Å². The number of carbonyl (C=O) groups is 1. The highest BCUT2D eigenvalue weighted by atomic mass is 16.5. The number of benzene rings is 1. The van der Waals surface area contributed by atoms with Crippen LogP contribution >= 0.6 is 0 Å². The lowest BCUT2D eigenvalue weighted by Gasteiger charge is -2.28. The molecule has 5 rings (SSSR count). The van der Waals surface area contributed by atoms with Crippen molar-refractivity contribution in [1.82, 2.24) is 19.7 Å². The lowest BCUT2D eigenvalue weighted by molar-refractivity contribution is 0.0994. The van der Waals surface area contributed by atoms with Crippen molar-refractivity contribution in [3.63, 3.8) is 0 Å². The zero-order valence-corrected chi connectivity index (χ0v) is 19.2. The number of amides is 1. The standard InChI is InChI=1S/C25H27N5O4/c1-16-9-20(7-8-26-16)29(25(32)21-14-34-15-27-21)23-10-18-12-28-30(22(18)11-24(23)33-2)19-5-3-17(13-31)4-6-19/h7-12,14-15,17,19,31H,3-6,13H2,1-2H3. The number of nitrogens with zero attached hydrogens (tertiary/aromatic N) is 5. The number of anilines is 2. The van der Waals surface area contributed by atoms with E-state index in [0.29, 0.717) is 23.0 Å². The Morgan fingerprint density at radius 3 is 2.74 bits per heavy atom. The molecule has 1 N–H and O–H groups in total. The molecule has 1 amide bonds. The third-order valence-corrected chi connectivity index (χ3v) is 6.55. The van der Waals surface area contributed by atoms with E-state index >= 15 is 0 Å². The van der Waals surface area contributed by atoms with Crippen LogP contribution in [0.1, 0.15) is 47.9 Å². The largest absolute Gasteiger partial charge is 0.494 e. The molecule has 176 valence electrons. The van der Waals surface area contributed by atoms with Gasteiger partial charge in [-0.05, 0) is 56.7 Å². The van der Waals surface area contributed by atoms with E-state index < -0.39 is 0 Å². The fraction of sp³-hybridized carbons (Fsp3) is 0.360. The van der Waals surface area contributed by atoms with Gasteiger partial charge in [0.05, 0.1) is 36.2 Å². The lowest BCUT2D eigenvalue weighted by Crippen LogP contribution is -2.27. The first-order valence-electron chi connectivity index (χ1n) is 11.4. The lowest BCUT2D eigenvalue weighted by atomic mass is 9.86. The molecule has 1 saturated carbocycles. The number of methoxy groups -OCH3 is 1. The molecule has 3 heterocycles. The number of aromatic nitrogens is 4. The van der Waals surface area contributed by atoms with Crippen molar-refractivity contribution in [2.24, 2.45) is 5.92 Å². The molecular formula is C25H27N5O4. The number of hydrogen-bond donors (Lipinski definition) is 1. The molecule has 0 bridgehead atoms. The Hall–Kier alpha value is -3.72. The molecule has 34 heavy (non-hydrogen) atoms. The van der Waals surface area contributed by atoms with Gasteiger partial charge in [0.15, 0.2) is 12.1 Å². The second-order valence-corrected chi connectivity index (χ2v) is 8.70. The molecule has 9 nitrogen and oxygen atoms in total. The van der Waals surface area contributed by atoms with Gasteiger partial charge < -0.3 is 14.3 Å². The summed E-state index contributed by atoms with van der Waals surface area (Å²) >= 11 is 0. The van der Waals surface area contributed by atoms with Gasteiger partial charge in [-0.3, -0.25) is 19.4 Å². The Labute approximate surface area is 197 Å². The zero-order valence-electron chi connectivity index (χ0n) is 19.2. The Bertz CT molecular complexity index is 1290. The molecule has 1 aliphatic carbocycles. The van der Waals surface area contributed by atoms with E-state index in [4.69, 9.17) is 9.15 Å². The van der Waals surface area contributed by atoms with Crippen LogP contribution in [0.15, 0.2) is 53.7 Å². The summed E-state index contributed by atoms with van der Waals surface area (Å²) in [5.74, 6) is 0.579. The Balaban J connectivity index is 1.60. The van der Waals surface area contributed by atoms with Gasteiger partial charge in [-0.1, -0.05) is 0 Å². The van der Waals surface area contributed by atoms with E-state index in [-0.39, 0.29) is 24.2 Å². The maximum absolute atomic E-state index is 13.5. The second-order valence-electron chi connectivity index (χ2n) is 8.70. The summed E-state index contributed by atoms with van der Waals surface area (Å²) in [6.07, 6.45) is 9.97. The van der Waals surface area contributed by atoms with Gasteiger partial charge in [-0.25, -0.2) is 4.98 Å². The number of pyridine rings is 1. The Kier molecular flexibility index (Phi) is 6.02. The van der Waals surface area contributed by atoms with Crippen LogP contribution in [0.25, 0.3) is 10.9 Å². The fourth-order valence-corrected chi connectivity index (χ4v) is 4.73. The summed E-state index contributed by atoms with van der Waals surface area (Å²) in [4.78, 5) is 23.4. The minimum absolute atomic E-state index is 0.188. The molecule has 1 fully saturated rings. The number of ether oxygens (including phenoxy) is 1. The predicted molar refractivity (Wildman–Crippen MR) is 126 cm³/mol. The van der Waals surface area contributed by atoms with E-state index in [2.05, 4.69) is 19.7 Å². The number of fused-ring (bicyclic) bond motifs is 1. The zero-order chi connectivity index (χ0) is 23.7. The molecule has 0 spiro atoms. The van der Waals surface area contributed by atoms with Crippen molar-refractivity contribution in [2.45, 2.75) is 38.6 Å². The van der Waals surface area contributed by atoms with Crippen molar-refractivity contribution < 1.29 is 19.1 Å². The molecule has 1 aliphatic rings. The molecule has 4 aromatic rings. The maximum atomic E-state index is 13.5. The van der Waals surface area contributed by atoms with Crippen LogP contribution in [0, 0.1) is 12.8 Å². The molecule has 0 saturated heterocycles. The van der Waals surface area contributed by atoms with Gasteiger partial charge in [0.1, 0.15) is 12.0 Å². The van der Waals surface area contributed by atoms with E-state index in [0.717, 1.165) is 42.3 Å². The first kappa shape index (κ1) is 22.1. The highest BCUT2D eigenvalue weighted by molar-refractivity contribution is 6.11. The highest BCUT2D eigenvalue weighted by Gasteiger charge is 2.28. The number of carbonyl (C=O) groups excluding carboxylic acids is 1. The molecule has 0 atom stereocenters. The van der Waals surface area contributed by atoms with Gasteiger partial charge in [0, 0.05) is 30.0 Å². The fourth-order valence-electron chi connectivity index (χ4n) is 4.73. The van der Waals surface area contributed by atoms with Crippen molar-refractivity contribution in [1.29, 1.82) is 0 Å². The van der Waals surface area contributed by atoms with E-state index in [1.54, 1.807) is 24.3 Å². The third kappa shape index (κ3) is 4.03. The van der Waals surface area contributed by atoms with E-state index in [1.165, 1.54) is 12.7 Å². The number of oxazole rings is 1. The predicted octanol–water partition coefficient (Wildman–Crippen LogP) is 4.44. The molecule has 9 heteroatoms. The minimum atomic E-state index is -0.341. The van der Waals surface area contributed by atoms with E-state index in [9.17, 15) is 9.90 Å². The maximum Gasteiger partial charge on any atom is 0.284 e. The second kappa shape index (κ2) is 9.26. The van der Waals surface area contributed by atoms with Gasteiger partial charge in [0.25, 0.3) is 5.91 Å². The quantitative estimate of drug-likeness (QED) is 0.452. The van der Waals surface area contributed by atoms with Crippen LogP contribution in [-0.4, -0.2) is 44.5 Å². The van der Waals surface area contributed by atoms with Crippen molar-refractivity contribution in [3.05, 3.63) is 60.7 Å². The van der Waals surface area contributed by atoms with Gasteiger partial charge in [0.2, 0.25) is 0 Å². The summed E-state index contributed by atoms with van der Waals surface area (Å²) < 4.78 is 12.9. The van der Waals surface area contributed by atoms with Crippen LogP contribution in [0.5, 0.6) is 5.75 Å². The van der Waals surface area contributed by atoms with Crippen LogP contribution in [-0.2, 0) is 0 Å². The van der Waals surface area contributed by atoms with Crippen molar-refractivity contribution >= 4 is 28.2 Å². The van der Waals surface area contributed by atoms with Gasteiger partial charge >= 0.3 is 0 Å². The smallest absolute Gasteiger partial charge is 0.284 e. The average Bonchev–Trinajstić information content (AvgIpc) is 3.54. The number of aliphatic hydroxyl groups excluding tert-OH is 1. The Morgan fingerprint density at radius 1 is 1.24 bits per heavy atom. The first-order valence-corrected chi connectivity index (χ1v) is 11.4. The molecule has 1 aromatic carbocycles. The van der Waals surface area contributed by atoms with Gasteiger partial charge in [-0.2, -0.15) is 5.10 Å². The number of rotatable bonds is 6. The topological polar surface area (TPSA) is 107 Å². The van der Waals surface area contributed by atoms with Crippen LogP contribution < -0.4 is 9.64 Å². The molecule has 0 aliphatic heterocycles.